The van der Waals surface area contributed by atoms with Crippen molar-refractivity contribution in [3.8, 4) is 0 Å². The fourth-order valence-electron chi connectivity index (χ4n) is 2.79. The summed E-state index contributed by atoms with van der Waals surface area (Å²) in [6.45, 7) is 0.835. The minimum absolute atomic E-state index is 0.0293. The van der Waals surface area contributed by atoms with Gasteiger partial charge in [-0.05, 0) is 18.4 Å². The Morgan fingerprint density at radius 1 is 1.48 bits per heavy atom. The number of nitro groups is 1. The Morgan fingerprint density at radius 3 is 2.80 bits per heavy atom. The molecule has 1 aliphatic heterocycles. The molecule has 1 unspecified atom stereocenters. The second kappa shape index (κ2) is 8.39. The van der Waals surface area contributed by atoms with Crippen molar-refractivity contribution in [3.63, 3.8) is 0 Å². The first kappa shape index (κ1) is 19.3. The van der Waals surface area contributed by atoms with Gasteiger partial charge >= 0.3 is 5.97 Å². The number of non-ortho nitro benzene ring substituents is 1. The number of ether oxygens (including phenoxy) is 2. The van der Waals surface area contributed by atoms with Gasteiger partial charge in [0, 0.05) is 23.2 Å². The molecule has 1 saturated heterocycles. The summed E-state index contributed by atoms with van der Waals surface area (Å²) in [6.07, 6.45) is 1.42. The lowest BCUT2D eigenvalue weighted by molar-refractivity contribution is -0.384. The van der Waals surface area contributed by atoms with Crippen LogP contribution in [0.2, 0.25) is 0 Å². The van der Waals surface area contributed by atoms with E-state index in [0.29, 0.717) is 23.1 Å². The molecule has 2 rings (SSSR count). The standard InChI is InChI=1S/C16H19BrN2O6/c1-24-15(21)9-16(5-2-6-25-10-16)18-14(20)7-11-3-4-12(19(22)23)8-13(11)17/h3-4,8H,2,5-7,9-10H2,1H3,(H,18,20). The van der Waals surface area contributed by atoms with E-state index >= 15 is 0 Å². The summed E-state index contributed by atoms with van der Waals surface area (Å²) in [5.74, 6) is -0.703. The number of esters is 1. The van der Waals surface area contributed by atoms with E-state index in [1.54, 1.807) is 0 Å². The smallest absolute Gasteiger partial charge is 0.307 e. The van der Waals surface area contributed by atoms with Gasteiger partial charge in [-0.25, -0.2) is 0 Å². The third-order valence-electron chi connectivity index (χ3n) is 4.04. The molecule has 8 nitrogen and oxygen atoms in total. The van der Waals surface area contributed by atoms with E-state index in [-0.39, 0.29) is 31.0 Å². The first-order valence-electron chi connectivity index (χ1n) is 7.74. The highest BCUT2D eigenvalue weighted by molar-refractivity contribution is 9.10. The molecule has 0 spiro atoms. The highest BCUT2D eigenvalue weighted by Gasteiger charge is 2.37. The average molecular weight is 415 g/mol. The number of hydrogen-bond donors (Lipinski definition) is 1. The molecule has 9 heteroatoms. The molecule has 25 heavy (non-hydrogen) atoms. The second-order valence-electron chi connectivity index (χ2n) is 5.95. The van der Waals surface area contributed by atoms with Gasteiger partial charge in [0.2, 0.25) is 5.91 Å². The first-order chi connectivity index (χ1) is 11.8. The number of amides is 1. The zero-order valence-corrected chi connectivity index (χ0v) is 15.3. The highest BCUT2D eigenvalue weighted by Crippen LogP contribution is 2.26. The largest absolute Gasteiger partial charge is 0.469 e. The number of halogens is 1. The number of carbonyl (C=O) groups excluding carboxylic acids is 2. The Bertz CT molecular complexity index is 673. The highest BCUT2D eigenvalue weighted by atomic mass is 79.9. The van der Waals surface area contributed by atoms with Gasteiger partial charge in [-0.2, -0.15) is 0 Å². The van der Waals surface area contributed by atoms with Crippen LogP contribution in [0.15, 0.2) is 22.7 Å². The lowest BCUT2D eigenvalue weighted by Gasteiger charge is -2.37. The maximum absolute atomic E-state index is 12.5. The molecule has 1 aliphatic rings. The molecule has 136 valence electrons. The summed E-state index contributed by atoms with van der Waals surface area (Å²) in [4.78, 5) is 34.4. The minimum Gasteiger partial charge on any atom is -0.469 e. The van der Waals surface area contributed by atoms with Gasteiger partial charge in [-0.1, -0.05) is 22.0 Å². The normalized spacial score (nSPS) is 19.9. The molecule has 1 atom stereocenters. The number of hydrogen-bond acceptors (Lipinski definition) is 6. The molecule has 1 aromatic carbocycles. The molecule has 1 aromatic rings. The van der Waals surface area contributed by atoms with Gasteiger partial charge in [0.25, 0.3) is 5.69 Å². The van der Waals surface area contributed by atoms with Crippen LogP contribution in [0.3, 0.4) is 0 Å². The van der Waals surface area contributed by atoms with E-state index in [1.165, 1.54) is 25.3 Å². The van der Waals surface area contributed by atoms with Gasteiger partial charge < -0.3 is 14.8 Å². The summed E-state index contributed by atoms with van der Waals surface area (Å²) < 4.78 is 10.6. The number of carbonyl (C=O) groups is 2. The van der Waals surface area contributed by atoms with Crippen LogP contribution >= 0.6 is 15.9 Å². The molecule has 0 bridgehead atoms. The van der Waals surface area contributed by atoms with Gasteiger partial charge in [-0.15, -0.1) is 0 Å². The lowest BCUT2D eigenvalue weighted by Crippen LogP contribution is -2.55. The molecular formula is C16H19BrN2O6. The number of rotatable bonds is 6. The van der Waals surface area contributed by atoms with Crippen LogP contribution in [0, 0.1) is 10.1 Å². The van der Waals surface area contributed by atoms with Crippen LogP contribution in [0.4, 0.5) is 5.69 Å². The molecule has 0 aromatic heterocycles. The Morgan fingerprint density at radius 2 is 2.24 bits per heavy atom. The zero-order valence-electron chi connectivity index (χ0n) is 13.7. The summed E-state index contributed by atoms with van der Waals surface area (Å²) in [5.41, 5.74) is -0.220. The SMILES string of the molecule is COC(=O)CC1(NC(=O)Cc2ccc([N+](=O)[O-])cc2Br)CCCOC1. The van der Waals surface area contributed by atoms with Crippen molar-refractivity contribution in [2.24, 2.45) is 0 Å². The zero-order chi connectivity index (χ0) is 18.4. The summed E-state index contributed by atoms with van der Waals surface area (Å²) in [7, 11) is 1.30. The van der Waals surface area contributed by atoms with Crippen molar-refractivity contribution >= 4 is 33.5 Å². The van der Waals surface area contributed by atoms with E-state index < -0.39 is 16.4 Å². The van der Waals surface area contributed by atoms with Crippen molar-refractivity contribution in [1.82, 2.24) is 5.32 Å². The van der Waals surface area contributed by atoms with Crippen LogP contribution in [0.5, 0.6) is 0 Å². The van der Waals surface area contributed by atoms with Crippen molar-refractivity contribution in [2.45, 2.75) is 31.2 Å². The third kappa shape index (κ3) is 5.23. The molecule has 1 amide bonds. The molecule has 1 N–H and O–H groups in total. The third-order valence-corrected chi connectivity index (χ3v) is 4.77. The van der Waals surface area contributed by atoms with Gasteiger partial charge in [-0.3, -0.25) is 19.7 Å². The number of nitrogens with zero attached hydrogens (tertiary/aromatic N) is 1. The summed E-state index contributed by atoms with van der Waals surface area (Å²) >= 11 is 3.25. The van der Waals surface area contributed by atoms with Crippen LogP contribution in [-0.2, 0) is 25.5 Å². The second-order valence-corrected chi connectivity index (χ2v) is 6.80. The fourth-order valence-corrected chi connectivity index (χ4v) is 3.30. The van der Waals surface area contributed by atoms with Crippen LogP contribution < -0.4 is 5.32 Å². The Hall–Kier alpha value is -2.00. The molecule has 0 aliphatic carbocycles. The van der Waals surface area contributed by atoms with Crippen LogP contribution in [0.1, 0.15) is 24.8 Å². The number of nitrogens with one attached hydrogen (secondary N) is 1. The molecule has 1 heterocycles. The predicted octanol–water partition coefficient (Wildman–Crippen LogP) is 2.13. The number of nitro benzene ring substituents is 1. The summed E-state index contributed by atoms with van der Waals surface area (Å²) in [5, 5.41) is 13.7. The van der Waals surface area contributed by atoms with Crippen molar-refractivity contribution < 1.29 is 24.0 Å². The maximum Gasteiger partial charge on any atom is 0.307 e. The fraction of sp³-hybridized carbons (Fsp3) is 0.500. The van der Waals surface area contributed by atoms with Crippen molar-refractivity contribution in [3.05, 3.63) is 38.3 Å². The molecule has 0 saturated carbocycles. The average Bonchev–Trinajstić information content (AvgIpc) is 2.57. The lowest BCUT2D eigenvalue weighted by atomic mass is 9.88. The maximum atomic E-state index is 12.5. The van der Waals surface area contributed by atoms with E-state index in [2.05, 4.69) is 21.2 Å². The molecule has 1 fully saturated rings. The van der Waals surface area contributed by atoms with E-state index in [9.17, 15) is 19.7 Å². The van der Waals surface area contributed by atoms with Gasteiger partial charge in [0.1, 0.15) is 0 Å². The molecular weight excluding hydrogens is 396 g/mol. The van der Waals surface area contributed by atoms with Gasteiger partial charge in [0.05, 0.1) is 37.0 Å². The monoisotopic (exact) mass is 414 g/mol. The van der Waals surface area contributed by atoms with Crippen molar-refractivity contribution in [1.29, 1.82) is 0 Å². The number of methoxy groups -OCH3 is 1. The van der Waals surface area contributed by atoms with Crippen LogP contribution in [0.25, 0.3) is 0 Å². The van der Waals surface area contributed by atoms with Crippen LogP contribution in [-0.4, -0.2) is 42.7 Å². The quantitative estimate of drug-likeness (QED) is 0.433. The van der Waals surface area contributed by atoms with E-state index in [0.717, 1.165) is 6.42 Å². The first-order valence-corrected chi connectivity index (χ1v) is 8.53. The van der Waals surface area contributed by atoms with Crippen molar-refractivity contribution in [2.75, 3.05) is 20.3 Å². The van der Waals surface area contributed by atoms with E-state index in [4.69, 9.17) is 9.47 Å². The molecule has 0 radical (unpaired) electrons. The Balaban J connectivity index is 2.08. The Kier molecular flexibility index (Phi) is 6.49. The van der Waals surface area contributed by atoms with E-state index in [1.807, 2.05) is 0 Å². The van der Waals surface area contributed by atoms with Gasteiger partial charge in [0.15, 0.2) is 0 Å². The summed E-state index contributed by atoms with van der Waals surface area (Å²) in [6, 6.07) is 4.24. The minimum atomic E-state index is -0.782. The Labute approximate surface area is 153 Å². The number of benzene rings is 1. The topological polar surface area (TPSA) is 108 Å². The predicted molar refractivity (Wildman–Crippen MR) is 92.1 cm³/mol.